The molecule has 0 unspecified atom stereocenters. The number of rotatable bonds is 7. The Morgan fingerprint density at radius 3 is 2.19 bits per heavy atom. The molecule has 7 heteroatoms. The molecule has 0 saturated carbocycles. The van der Waals surface area contributed by atoms with Crippen LogP contribution >= 0.6 is 0 Å². The molecule has 2 aliphatic heterocycles. The molecule has 2 aliphatic rings. The molecular formula is C30H32N4O3. The molecule has 1 amide bonds. The topological polar surface area (TPSA) is 65.5 Å². The largest absolute Gasteiger partial charge is 0.497 e. The number of ether oxygens (including phenoxy) is 1. The monoisotopic (exact) mass is 496 g/mol. The molecule has 0 aromatic heterocycles. The zero-order chi connectivity index (χ0) is 25.8. The van der Waals surface area contributed by atoms with Crippen molar-refractivity contribution in [2.75, 3.05) is 44.7 Å². The van der Waals surface area contributed by atoms with Gasteiger partial charge >= 0.3 is 0 Å². The Morgan fingerprint density at radius 1 is 0.892 bits per heavy atom. The number of anilines is 1. The predicted molar refractivity (Wildman–Crippen MR) is 145 cm³/mol. The molecule has 0 bridgehead atoms. The van der Waals surface area contributed by atoms with Gasteiger partial charge in [0.1, 0.15) is 5.75 Å². The van der Waals surface area contributed by atoms with Crippen LogP contribution in [0.3, 0.4) is 0 Å². The van der Waals surface area contributed by atoms with Crippen molar-refractivity contribution in [3.63, 3.8) is 0 Å². The molecule has 7 nitrogen and oxygen atoms in total. The number of carbonyl (C=O) groups is 2. The molecule has 0 N–H and O–H groups in total. The lowest BCUT2D eigenvalue weighted by Gasteiger charge is -2.36. The molecular weight excluding hydrogens is 464 g/mol. The number of hydrogen-bond acceptors (Lipinski definition) is 6. The van der Waals surface area contributed by atoms with E-state index in [1.54, 1.807) is 19.0 Å². The maximum absolute atomic E-state index is 13.6. The van der Waals surface area contributed by atoms with E-state index < -0.39 is 0 Å². The SMILES string of the molecule is COc1ccc([C@H]2CC(c3ccccc3)=NN2C(=O)CN2CCN(c3ccc(C(C)=O)cc3)CC2)cc1. The maximum atomic E-state index is 13.6. The molecule has 0 spiro atoms. The summed E-state index contributed by atoms with van der Waals surface area (Å²) in [7, 11) is 1.65. The number of hydrogen-bond donors (Lipinski definition) is 0. The van der Waals surface area contributed by atoms with E-state index >= 15 is 0 Å². The second kappa shape index (κ2) is 11.0. The number of carbonyl (C=O) groups excluding carboxylic acids is 2. The van der Waals surface area contributed by atoms with Crippen molar-refractivity contribution in [2.45, 2.75) is 19.4 Å². The lowest BCUT2D eigenvalue weighted by Crippen LogP contribution is -2.49. The first-order valence-corrected chi connectivity index (χ1v) is 12.7. The number of ketones is 1. The minimum Gasteiger partial charge on any atom is -0.497 e. The van der Waals surface area contributed by atoms with Gasteiger partial charge in [0.05, 0.1) is 25.4 Å². The lowest BCUT2D eigenvalue weighted by molar-refractivity contribution is -0.134. The fourth-order valence-electron chi connectivity index (χ4n) is 4.97. The highest BCUT2D eigenvalue weighted by Crippen LogP contribution is 2.33. The van der Waals surface area contributed by atoms with E-state index in [2.05, 4.69) is 9.80 Å². The molecule has 37 heavy (non-hydrogen) atoms. The Morgan fingerprint density at radius 2 is 1.57 bits per heavy atom. The smallest absolute Gasteiger partial charge is 0.257 e. The molecule has 3 aromatic rings. The van der Waals surface area contributed by atoms with E-state index in [1.807, 2.05) is 78.9 Å². The Labute approximate surface area is 217 Å². The van der Waals surface area contributed by atoms with Crippen LogP contribution in [-0.2, 0) is 4.79 Å². The number of hydrazone groups is 1. The van der Waals surface area contributed by atoms with Crippen LogP contribution in [0.2, 0.25) is 0 Å². The first kappa shape index (κ1) is 24.7. The predicted octanol–water partition coefficient (Wildman–Crippen LogP) is 4.40. The van der Waals surface area contributed by atoms with Crippen LogP contribution in [0.25, 0.3) is 0 Å². The zero-order valence-electron chi connectivity index (χ0n) is 21.3. The van der Waals surface area contributed by atoms with Crippen LogP contribution in [0.5, 0.6) is 5.75 Å². The van der Waals surface area contributed by atoms with E-state index in [1.165, 1.54) is 0 Å². The number of piperazine rings is 1. The fourth-order valence-corrected chi connectivity index (χ4v) is 4.97. The molecule has 0 aliphatic carbocycles. The van der Waals surface area contributed by atoms with Crippen LogP contribution in [0.4, 0.5) is 5.69 Å². The third kappa shape index (κ3) is 5.57. The van der Waals surface area contributed by atoms with Crippen LogP contribution in [0.15, 0.2) is 84.0 Å². The van der Waals surface area contributed by atoms with Crippen molar-refractivity contribution in [1.29, 1.82) is 0 Å². The minimum atomic E-state index is -0.144. The van der Waals surface area contributed by atoms with Crippen molar-refractivity contribution in [3.8, 4) is 5.75 Å². The van der Waals surface area contributed by atoms with Gasteiger partial charge in [-0.15, -0.1) is 0 Å². The van der Waals surface area contributed by atoms with E-state index in [0.29, 0.717) is 13.0 Å². The van der Waals surface area contributed by atoms with Crippen LogP contribution in [0, 0.1) is 0 Å². The molecule has 1 atom stereocenters. The summed E-state index contributed by atoms with van der Waals surface area (Å²) < 4.78 is 5.32. The lowest BCUT2D eigenvalue weighted by atomic mass is 9.98. The summed E-state index contributed by atoms with van der Waals surface area (Å²) in [5, 5.41) is 6.49. The standard InChI is InChI=1S/C30H32N4O3/c1-22(35)23-8-12-26(13-9-23)33-18-16-32(17-19-33)21-30(36)34-29(25-10-14-27(37-2)15-11-25)20-28(31-34)24-6-4-3-5-7-24/h3-15,29H,16-21H2,1-2H3/t29-/m1/s1. The zero-order valence-corrected chi connectivity index (χ0v) is 21.3. The molecule has 190 valence electrons. The van der Waals surface area contributed by atoms with Gasteiger partial charge in [0.2, 0.25) is 0 Å². The number of amides is 1. The van der Waals surface area contributed by atoms with Crippen LogP contribution < -0.4 is 9.64 Å². The third-order valence-corrected chi connectivity index (χ3v) is 7.14. The van der Waals surface area contributed by atoms with Gasteiger partial charge in [-0.2, -0.15) is 5.10 Å². The van der Waals surface area contributed by atoms with Crippen molar-refractivity contribution >= 4 is 23.1 Å². The van der Waals surface area contributed by atoms with Gasteiger partial charge in [0, 0.05) is 43.9 Å². The van der Waals surface area contributed by atoms with Gasteiger partial charge in [-0.05, 0) is 54.4 Å². The highest BCUT2D eigenvalue weighted by atomic mass is 16.5. The quantitative estimate of drug-likeness (QED) is 0.454. The van der Waals surface area contributed by atoms with Gasteiger partial charge in [0.15, 0.2) is 5.78 Å². The highest BCUT2D eigenvalue weighted by Gasteiger charge is 2.34. The number of methoxy groups -OCH3 is 1. The Bertz CT molecular complexity index is 1260. The van der Waals surface area contributed by atoms with Crippen molar-refractivity contribution < 1.29 is 14.3 Å². The third-order valence-electron chi connectivity index (χ3n) is 7.14. The highest BCUT2D eigenvalue weighted by molar-refractivity contribution is 6.03. The summed E-state index contributed by atoms with van der Waals surface area (Å²) in [6, 6.07) is 25.6. The van der Waals surface area contributed by atoms with Gasteiger partial charge in [0.25, 0.3) is 5.91 Å². The molecule has 3 aromatic carbocycles. The van der Waals surface area contributed by atoms with E-state index in [4.69, 9.17) is 9.84 Å². The summed E-state index contributed by atoms with van der Waals surface area (Å²) in [6.45, 7) is 5.14. The van der Waals surface area contributed by atoms with Crippen molar-refractivity contribution in [1.82, 2.24) is 9.91 Å². The second-order valence-corrected chi connectivity index (χ2v) is 9.51. The molecule has 1 fully saturated rings. The first-order valence-electron chi connectivity index (χ1n) is 12.7. The average Bonchev–Trinajstić information content (AvgIpc) is 3.40. The Kier molecular flexibility index (Phi) is 7.32. The molecule has 2 heterocycles. The summed E-state index contributed by atoms with van der Waals surface area (Å²) in [5.74, 6) is 0.867. The van der Waals surface area contributed by atoms with Crippen LogP contribution in [0.1, 0.15) is 40.9 Å². The fraction of sp³-hybridized carbons (Fsp3) is 0.300. The second-order valence-electron chi connectivity index (χ2n) is 9.51. The summed E-state index contributed by atoms with van der Waals surface area (Å²) >= 11 is 0. The first-order chi connectivity index (χ1) is 18.0. The van der Waals surface area contributed by atoms with E-state index in [-0.39, 0.29) is 17.7 Å². The van der Waals surface area contributed by atoms with Gasteiger partial charge in [-0.1, -0.05) is 42.5 Å². The summed E-state index contributed by atoms with van der Waals surface area (Å²) in [4.78, 5) is 29.6. The number of benzene rings is 3. The molecule has 0 radical (unpaired) electrons. The van der Waals surface area contributed by atoms with E-state index in [9.17, 15) is 9.59 Å². The maximum Gasteiger partial charge on any atom is 0.257 e. The summed E-state index contributed by atoms with van der Waals surface area (Å²) in [6.07, 6.45) is 0.673. The molecule has 5 rings (SSSR count). The normalized spacial score (nSPS) is 18.0. The van der Waals surface area contributed by atoms with Crippen molar-refractivity contribution in [3.05, 3.63) is 95.6 Å². The average molecular weight is 497 g/mol. The minimum absolute atomic E-state index is 0.00557. The van der Waals surface area contributed by atoms with Gasteiger partial charge in [-0.3, -0.25) is 14.5 Å². The van der Waals surface area contributed by atoms with E-state index in [0.717, 1.165) is 60.0 Å². The molecule has 1 saturated heterocycles. The Balaban J connectivity index is 1.27. The number of Topliss-reactive ketones (excluding diaryl/α,β-unsaturated/α-hetero) is 1. The van der Waals surface area contributed by atoms with Crippen molar-refractivity contribution in [2.24, 2.45) is 5.10 Å². The van der Waals surface area contributed by atoms with Crippen LogP contribution in [-0.4, -0.2) is 67.1 Å². The van der Waals surface area contributed by atoms with Gasteiger partial charge < -0.3 is 9.64 Å². The summed E-state index contributed by atoms with van der Waals surface area (Å²) in [5.41, 5.74) is 4.84. The number of nitrogens with zero attached hydrogens (tertiary/aromatic N) is 4. The Hall–Kier alpha value is -3.97. The van der Waals surface area contributed by atoms with Gasteiger partial charge in [-0.25, -0.2) is 5.01 Å².